The minimum atomic E-state index is -0.244. The third kappa shape index (κ3) is 8.92. The predicted molar refractivity (Wildman–Crippen MR) is 278 cm³/mol. The molecule has 0 aromatic heterocycles. The molecule has 68 heavy (non-hydrogen) atoms. The number of rotatable bonds is 7. The van der Waals surface area contributed by atoms with Crippen molar-refractivity contribution in [3.8, 4) is 0 Å². The van der Waals surface area contributed by atoms with Crippen LogP contribution in [0, 0.1) is 105 Å². The molecule has 0 aromatic rings. The zero-order chi connectivity index (χ0) is 47.0. The van der Waals surface area contributed by atoms with Gasteiger partial charge in [0.2, 0.25) is 0 Å². The first-order valence-corrected chi connectivity index (χ1v) is 29.3. The van der Waals surface area contributed by atoms with Crippen LogP contribution < -0.4 is 10.6 Å². The largest absolute Gasteiger partial charge is 0.396 e. The van der Waals surface area contributed by atoms with Crippen molar-refractivity contribution in [1.82, 2.24) is 10.6 Å². The second kappa shape index (κ2) is 21.4. The van der Waals surface area contributed by atoms with Crippen molar-refractivity contribution in [2.24, 2.45) is 105 Å². The molecular formula is C58H107N2O7P. The summed E-state index contributed by atoms with van der Waals surface area (Å²) < 4.78 is 24.5. The number of aliphatic hydroxyl groups excluding tert-OH is 1. The SMILES string of the molecule is C.C.CC.CC[C@@]1(C)C(CCO)CC[C@@H]2C1CC[C@@]1(C)C2CC2O[C@@]3(CC[C@H](C)CN3)[C@@H](C)C21.C[C@H]1CC[C@]2(NC1)OC1CC3[C@@H]4CCC5C[C@@H](OPOOO)CC[C@]5(C)C4CC[C@]3(C)C1[C@@H]2C. The fourth-order valence-electron chi connectivity index (χ4n) is 20.5. The maximum atomic E-state index is 9.69. The van der Waals surface area contributed by atoms with E-state index in [9.17, 15) is 5.11 Å². The quantitative estimate of drug-likeness (QED) is 0.0858. The molecule has 4 heterocycles. The van der Waals surface area contributed by atoms with Crippen molar-refractivity contribution in [2.75, 3.05) is 19.7 Å². The van der Waals surface area contributed by atoms with E-state index < -0.39 is 0 Å². The van der Waals surface area contributed by atoms with Crippen LogP contribution in [-0.4, -0.2) is 59.8 Å². The smallest absolute Gasteiger partial charge is 0.198 e. The first-order valence-electron chi connectivity index (χ1n) is 28.4. The Labute approximate surface area is 419 Å². The first-order chi connectivity index (χ1) is 31.6. The van der Waals surface area contributed by atoms with Crippen LogP contribution in [0.25, 0.3) is 0 Å². The molecule has 2 spiro atoms. The third-order valence-electron chi connectivity index (χ3n) is 24.2. The molecule has 11 aliphatic rings. The normalized spacial score (nSPS) is 54.0. The van der Waals surface area contributed by atoms with Crippen molar-refractivity contribution < 1.29 is 34.1 Å². The summed E-state index contributed by atoms with van der Waals surface area (Å²) in [6.45, 7) is 29.3. The van der Waals surface area contributed by atoms with Crippen LogP contribution in [0.4, 0.5) is 0 Å². The average molecular weight is 975 g/mol. The number of piperidine rings is 2. The highest BCUT2D eigenvalue weighted by atomic mass is 31.1. The van der Waals surface area contributed by atoms with Crippen LogP contribution in [0.15, 0.2) is 0 Å². The van der Waals surface area contributed by atoms with E-state index in [0.29, 0.717) is 64.1 Å². The Bertz CT molecular complexity index is 1640. The van der Waals surface area contributed by atoms with Gasteiger partial charge in [0, 0.05) is 31.5 Å². The molecule has 11 fully saturated rings. The zero-order valence-corrected chi connectivity index (χ0v) is 44.8. The minimum absolute atomic E-state index is 0. The van der Waals surface area contributed by atoms with Crippen LogP contribution in [-0.2, 0) is 23.7 Å². The Hall–Kier alpha value is 0.0700. The van der Waals surface area contributed by atoms with E-state index in [2.05, 4.69) is 82.7 Å². The highest BCUT2D eigenvalue weighted by molar-refractivity contribution is 7.26. The van der Waals surface area contributed by atoms with Crippen molar-refractivity contribution in [3.05, 3.63) is 0 Å². The lowest BCUT2D eigenvalue weighted by atomic mass is 9.44. The summed E-state index contributed by atoms with van der Waals surface area (Å²) >= 11 is 0. The highest BCUT2D eigenvalue weighted by Gasteiger charge is 2.70. The van der Waals surface area contributed by atoms with Crippen LogP contribution in [0.3, 0.4) is 0 Å². The van der Waals surface area contributed by atoms with E-state index in [0.717, 1.165) is 91.5 Å². The van der Waals surface area contributed by atoms with Gasteiger partial charge in [-0.25, -0.2) is 5.26 Å². The molecule has 10 heteroatoms. The van der Waals surface area contributed by atoms with Gasteiger partial charge in [-0.2, -0.15) is 4.67 Å². The first kappa shape index (κ1) is 55.8. The number of fused-ring (bicyclic) bond motifs is 12. The monoisotopic (exact) mass is 975 g/mol. The molecule has 9 nitrogen and oxygen atoms in total. The minimum Gasteiger partial charge on any atom is -0.396 e. The van der Waals surface area contributed by atoms with Crippen molar-refractivity contribution >= 4 is 9.03 Å². The molecule has 0 radical (unpaired) electrons. The molecule has 24 atom stereocenters. The average Bonchev–Trinajstić information content (AvgIpc) is 3.97. The van der Waals surface area contributed by atoms with Gasteiger partial charge >= 0.3 is 0 Å². The lowest BCUT2D eigenvalue weighted by Crippen LogP contribution is -2.57. The van der Waals surface area contributed by atoms with Crippen molar-refractivity contribution in [1.29, 1.82) is 0 Å². The molecule has 7 saturated carbocycles. The number of nitrogens with one attached hydrogen (secondary N) is 2. The van der Waals surface area contributed by atoms with E-state index in [1.807, 2.05) is 13.8 Å². The van der Waals surface area contributed by atoms with Crippen molar-refractivity contribution in [3.63, 3.8) is 0 Å². The van der Waals surface area contributed by atoms with Gasteiger partial charge in [0.1, 0.15) is 11.4 Å². The molecule has 0 amide bonds. The second-order valence-corrected chi connectivity index (χ2v) is 26.8. The molecule has 0 aromatic carbocycles. The van der Waals surface area contributed by atoms with Gasteiger partial charge < -0.3 is 19.1 Å². The van der Waals surface area contributed by atoms with Crippen LogP contribution in [0.1, 0.15) is 213 Å². The number of hydrogen-bond donors (Lipinski definition) is 4. The van der Waals surface area contributed by atoms with Crippen molar-refractivity contribution in [2.45, 2.75) is 243 Å². The maximum Gasteiger partial charge on any atom is 0.198 e. The molecule has 396 valence electrons. The van der Waals surface area contributed by atoms with E-state index in [1.54, 1.807) is 0 Å². The Morgan fingerprint density at radius 2 is 1.13 bits per heavy atom. The summed E-state index contributed by atoms with van der Waals surface area (Å²) in [7, 11) is -0.244. The van der Waals surface area contributed by atoms with Crippen LogP contribution in [0.2, 0.25) is 0 Å². The van der Waals surface area contributed by atoms with E-state index in [4.69, 9.17) is 19.3 Å². The Kier molecular flexibility index (Phi) is 17.5. The lowest BCUT2D eigenvalue weighted by Gasteiger charge is -2.61. The second-order valence-electron chi connectivity index (χ2n) is 26.3. The van der Waals surface area contributed by atoms with E-state index >= 15 is 0 Å². The fraction of sp³-hybridized carbons (Fsp3) is 1.00. The standard InChI is InChI=1S/C27H46NO5P.C27H47NO2.C2H6.2CH4/c1-16-7-12-27(28-15-16)17(2)24-23(30-27)14-22-20-6-5-18-13-19(31-34-33-32-29)8-10-25(18,3)21(20)9-11-26(22,24)4;1-6-25(4)19(11-14-29)7-8-20-21(25)10-12-26(5)22(20)15-23-24(26)18(3)27(30-23)13-9-17(2)16-28-27;1-2;;/h16-24,28-29,34H,5-15H2,1-4H3;17-24,28-29H,6-16H2,1-5H3;1-2H3;2*1H4/t16-,17-,18?,19-,20+,21?,22?,23?,24?,25-,26-,27-;17-,18-,19?,20+,21?,22?,23?,24?,25-,26-,27-;;;/m00.../s1. The van der Waals surface area contributed by atoms with Gasteiger partial charge in [0.05, 0.1) is 18.3 Å². The van der Waals surface area contributed by atoms with Crippen LogP contribution >= 0.6 is 9.03 Å². The Morgan fingerprint density at radius 1 is 0.618 bits per heavy atom. The van der Waals surface area contributed by atoms with E-state index in [1.165, 1.54) is 103 Å². The molecule has 0 bridgehead atoms. The highest BCUT2D eigenvalue weighted by Crippen LogP contribution is 2.73. The number of hydrogen-bond acceptors (Lipinski definition) is 9. The summed E-state index contributed by atoms with van der Waals surface area (Å²) in [5.74, 6) is 10.8. The van der Waals surface area contributed by atoms with Gasteiger partial charge in [-0.05, 0) is 208 Å². The Balaban J connectivity index is 0.000000190. The lowest BCUT2D eigenvalue weighted by molar-refractivity contribution is -0.438. The number of aliphatic hydroxyl groups is 1. The maximum absolute atomic E-state index is 9.69. The van der Waals surface area contributed by atoms with Gasteiger partial charge in [-0.1, -0.05) is 102 Å². The fourth-order valence-corrected chi connectivity index (χ4v) is 21.0. The summed E-state index contributed by atoms with van der Waals surface area (Å²) in [5.41, 5.74) is 1.65. The summed E-state index contributed by atoms with van der Waals surface area (Å²) in [5, 5.41) is 29.6. The van der Waals surface area contributed by atoms with Gasteiger partial charge in [0.15, 0.2) is 9.03 Å². The van der Waals surface area contributed by atoms with Gasteiger partial charge in [-0.15, -0.1) is 0 Å². The summed E-state index contributed by atoms with van der Waals surface area (Å²) in [6, 6.07) is 0. The number of ether oxygens (including phenoxy) is 2. The Morgan fingerprint density at radius 3 is 1.63 bits per heavy atom. The molecule has 7 aliphatic carbocycles. The molecule has 11 unspecified atom stereocenters. The molecule has 4 saturated heterocycles. The van der Waals surface area contributed by atoms with Crippen LogP contribution in [0.5, 0.6) is 0 Å². The zero-order valence-electron chi connectivity index (χ0n) is 43.8. The molecule has 4 aliphatic heterocycles. The van der Waals surface area contributed by atoms with Gasteiger partial charge in [0.25, 0.3) is 0 Å². The summed E-state index contributed by atoms with van der Waals surface area (Å²) in [6.07, 6.45) is 25.5. The molecular weight excluding hydrogens is 868 g/mol. The van der Waals surface area contributed by atoms with E-state index in [-0.39, 0.29) is 41.4 Å². The van der Waals surface area contributed by atoms with Gasteiger partial charge in [-0.3, -0.25) is 10.6 Å². The molecule has 11 rings (SSSR count). The topological polar surface area (TPSA) is 111 Å². The predicted octanol–water partition coefficient (Wildman–Crippen LogP) is 14.2. The molecule has 4 N–H and O–H groups in total. The third-order valence-corrected chi connectivity index (χ3v) is 24.7. The summed E-state index contributed by atoms with van der Waals surface area (Å²) in [4.78, 5) is 0.